The Balaban J connectivity index is 1.61. The first kappa shape index (κ1) is 23.3. The van der Waals surface area contributed by atoms with E-state index in [2.05, 4.69) is 78.3 Å². The topological polar surface area (TPSA) is 44.8 Å². The van der Waals surface area contributed by atoms with E-state index in [1.165, 1.54) is 35.8 Å². The van der Waals surface area contributed by atoms with Gasteiger partial charge in [-0.05, 0) is 55.4 Å². The van der Waals surface area contributed by atoms with Crippen molar-refractivity contribution in [2.45, 2.75) is 37.0 Å². The molecular weight excluding hydrogens is 464 g/mol. The number of methoxy groups -OCH3 is 1. The SMILES string of the molecule is COCC(=O)OC1(COSC(C)(C)Cc2ccccc2-c2ccccc2)CC1CBr. The Labute approximate surface area is 192 Å². The van der Waals surface area contributed by atoms with Gasteiger partial charge in [0.1, 0.15) is 18.8 Å². The van der Waals surface area contributed by atoms with Crippen LogP contribution in [0, 0.1) is 5.92 Å². The Morgan fingerprint density at radius 1 is 1.17 bits per heavy atom. The van der Waals surface area contributed by atoms with Crippen LogP contribution >= 0.6 is 28.0 Å². The minimum atomic E-state index is -0.538. The molecular formula is C24H29BrO4S. The smallest absolute Gasteiger partial charge is 0.332 e. The van der Waals surface area contributed by atoms with E-state index in [1.807, 2.05) is 6.07 Å². The minimum Gasteiger partial charge on any atom is -0.455 e. The maximum absolute atomic E-state index is 11.9. The Morgan fingerprint density at radius 3 is 2.53 bits per heavy atom. The van der Waals surface area contributed by atoms with Crippen molar-refractivity contribution < 1.29 is 18.5 Å². The molecule has 0 bridgehead atoms. The molecule has 4 nitrogen and oxygen atoms in total. The lowest BCUT2D eigenvalue weighted by Gasteiger charge is -2.26. The van der Waals surface area contributed by atoms with Crippen LogP contribution in [0.2, 0.25) is 0 Å². The van der Waals surface area contributed by atoms with Crippen LogP contribution in [-0.4, -0.2) is 42.0 Å². The van der Waals surface area contributed by atoms with Crippen molar-refractivity contribution in [1.29, 1.82) is 0 Å². The molecule has 2 aromatic carbocycles. The van der Waals surface area contributed by atoms with Crippen LogP contribution < -0.4 is 0 Å². The predicted octanol–water partition coefficient (Wildman–Crippen LogP) is 5.68. The standard InChI is InChI=1S/C24H29BrO4S/c1-23(2,13-19-11-7-8-12-21(19)18-9-5-4-6-10-18)30-28-17-24(14-20(24)15-25)29-22(26)16-27-3/h4-12,20H,13-17H2,1-3H3. The molecule has 0 spiro atoms. The number of carbonyl (C=O) groups is 1. The quantitative estimate of drug-likeness (QED) is 0.229. The van der Waals surface area contributed by atoms with Gasteiger partial charge in [0, 0.05) is 23.1 Å². The van der Waals surface area contributed by atoms with Crippen LogP contribution in [0.25, 0.3) is 11.1 Å². The summed E-state index contributed by atoms with van der Waals surface area (Å²) in [5.74, 6) is -0.0635. The van der Waals surface area contributed by atoms with Gasteiger partial charge in [0.25, 0.3) is 0 Å². The van der Waals surface area contributed by atoms with Crippen LogP contribution in [0.4, 0.5) is 0 Å². The number of benzene rings is 2. The number of hydrogen-bond donors (Lipinski definition) is 0. The fraction of sp³-hybridized carbons (Fsp3) is 0.458. The molecule has 0 heterocycles. The highest BCUT2D eigenvalue weighted by molar-refractivity contribution is 9.09. The summed E-state index contributed by atoms with van der Waals surface area (Å²) in [5.41, 5.74) is 3.22. The van der Waals surface area contributed by atoms with Crippen LogP contribution in [0.3, 0.4) is 0 Å². The second-order valence-electron chi connectivity index (χ2n) is 8.33. The molecule has 0 radical (unpaired) electrons. The van der Waals surface area contributed by atoms with E-state index in [-0.39, 0.29) is 23.2 Å². The summed E-state index contributed by atoms with van der Waals surface area (Å²) in [6.45, 7) is 4.70. The number of rotatable bonds is 11. The number of esters is 1. The molecule has 3 rings (SSSR count). The molecule has 2 atom stereocenters. The van der Waals surface area contributed by atoms with E-state index in [0.717, 1.165) is 18.2 Å². The molecule has 2 aromatic rings. The molecule has 2 unspecified atom stereocenters. The van der Waals surface area contributed by atoms with E-state index < -0.39 is 5.60 Å². The van der Waals surface area contributed by atoms with Gasteiger partial charge < -0.3 is 13.7 Å². The molecule has 1 fully saturated rings. The normalized spacial score (nSPS) is 20.7. The monoisotopic (exact) mass is 492 g/mol. The van der Waals surface area contributed by atoms with Gasteiger partial charge in [0.05, 0.1) is 0 Å². The zero-order chi connectivity index (χ0) is 21.6. The Bertz CT molecular complexity index is 842. The molecule has 1 saturated carbocycles. The number of hydrogen-bond acceptors (Lipinski definition) is 5. The first-order valence-corrected chi connectivity index (χ1v) is 12.0. The highest BCUT2D eigenvalue weighted by Gasteiger charge is 2.57. The van der Waals surface area contributed by atoms with Crippen molar-refractivity contribution in [3.63, 3.8) is 0 Å². The molecule has 1 aliphatic carbocycles. The van der Waals surface area contributed by atoms with Gasteiger partial charge >= 0.3 is 5.97 Å². The van der Waals surface area contributed by atoms with Gasteiger partial charge in [-0.1, -0.05) is 70.5 Å². The lowest BCUT2D eigenvalue weighted by molar-refractivity contribution is -0.158. The highest BCUT2D eigenvalue weighted by atomic mass is 79.9. The summed E-state index contributed by atoms with van der Waals surface area (Å²) in [5, 5.41) is 0.787. The summed E-state index contributed by atoms with van der Waals surface area (Å²) < 4.78 is 16.5. The predicted molar refractivity (Wildman–Crippen MR) is 126 cm³/mol. The zero-order valence-electron chi connectivity index (χ0n) is 17.7. The molecule has 0 N–H and O–H groups in total. The van der Waals surface area contributed by atoms with Crippen LogP contribution in [-0.2, 0) is 24.9 Å². The molecule has 0 saturated heterocycles. The second-order valence-corrected chi connectivity index (χ2v) is 10.5. The van der Waals surface area contributed by atoms with Gasteiger partial charge in [-0.2, -0.15) is 0 Å². The van der Waals surface area contributed by atoms with Crippen molar-refractivity contribution in [1.82, 2.24) is 0 Å². The summed E-state index contributed by atoms with van der Waals surface area (Å²) in [6, 6.07) is 19.0. The molecule has 0 amide bonds. The van der Waals surface area contributed by atoms with E-state index in [4.69, 9.17) is 13.7 Å². The Morgan fingerprint density at radius 2 is 1.87 bits per heavy atom. The highest BCUT2D eigenvalue weighted by Crippen LogP contribution is 2.49. The molecule has 0 aliphatic heterocycles. The summed E-state index contributed by atoms with van der Waals surface area (Å²) >= 11 is 4.96. The Hall–Kier alpha value is -1.34. The van der Waals surface area contributed by atoms with E-state index >= 15 is 0 Å². The molecule has 0 aromatic heterocycles. The molecule has 162 valence electrons. The summed E-state index contributed by atoms with van der Waals surface area (Å²) in [6.07, 6.45) is 1.67. The third kappa shape index (κ3) is 6.10. The van der Waals surface area contributed by atoms with Crippen molar-refractivity contribution in [3.8, 4) is 11.1 Å². The molecule has 6 heteroatoms. The van der Waals surface area contributed by atoms with Crippen LogP contribution in [0.1, 0.15) is 25.8 Å². The maximum atomic E-state index is 11.9. The van der Waals surface area contributed by atoms with Crippen molar-refractivity contribution in [2.75, 3.05) is 25.7 Å². The first-order valence-electron chi connectivity index (χ1n) is 10.1. The minimum absolute atomic E-state index is 0.0360. The third-order valence-corrected chi connectivity index (χ3v) is 6.86. The lowest BCUT2D eigenvalue weighted by Crippen LogP contribution is -2.30. The van der Waals surface area contributed by atoms with E-state index in [0.29, 0.717) is 6.61 Å². The number of halogens is 1. The van der Waals surface area contributed by atoms with Gasteiger partial charge in [0.15, 0.2) is 0 Å². The number of alkyl halides is 1. The van der Waals surface area contributed by atoms with Crippen LogP contribution in [0.15, 0.2) is 54.6 Å². The van der Waals surface area contributed by atoms with Crippen LogP contribution in [0.5, 0.6) is 0 Å². The fourth-order valence-electron chi connectivity index (χ4n) is 3.61. The summed E-state index contributed by atoms with van der Waals surface area (Å²) in [4.78, 5) is 11.9. The average Bonchev–Trinajstić information content (AvgIpc) is 3.41. The van der Waals surface area contributed by atoms with Crippen molar-refractivity contribution in [3.05, 3.63) is 60.2 Å². The average molecular weight is 493 g/mol. The number of ether oxygens (including phenoxy) is 2. The first-order chi connectivity index (χ1) is 14.4. The van der Waals surface area contributed by atoms with E-state index in [1.54, 1.807) is 0 Å². The van der Waals surface area contributed by atoms with Crippen molar-refractivity contribution in [2.24, 2.45) is 5.92 Å². The summed E-state index contributed by atoms with van der Waals surface area (Å²) in [7, 11) is 1.49. The fourth-order valence-corrected chi connectivity index (χ4v) is 5.22. The van der Waals surface area contributed by atoms with E-state index in [9.17, 15) is 4.79 Å². The second kappa shape index (κ2) is 10.3. The molecule has 30 heavy (non-hydrogen) atoms. The lowest BCUT2D eigenvalue weighted by atomic mass is 9.93. The van der Waals surface area contributed by atoms with Gasteiger partial charge in [-0.25, -0.2) is 4.79 Å². The molecule has 1 aliphatic rings. The van der Waals surface area contributed by atoms with Gasteiger partial charge in [-0.3, -0.25) is 0 Å². The zero-order valence-corrected chi connectivity index (χ0v) is 20.1. The third-order valence-electron chi connectivity index (χ3n) is 5.25. The maximum Gasteiger partial charge on any atom is 0.332 e. The van der Waals surface area contributed by atoms with Crippen molar-refractivity contribution >= 4 is 33.9 Å². The van der Waals surface area contributed by atoms with Gasteiger partial charge in [0.2, 0.25) is 0 Å². The Kier molecular flexibility index (Phi) is 8.02. The number of carbonyl (C=O) groups excluding carboxylic acids is 1. The largest absolute Gasteiger partial charge is 0.455 e. The van der Waals surface area contributed by atoms with Gasteiger partial charge in [-0.15, -0.1) is 0 Å².